The molecular formula is C30H50O6. The zero-order chi connectivity index (χ0) is 25.8. The van der Waals surface area contributed by atoms with Crippen LogP contribution in [-0.4, -0.2) is 50.1 Å². The van der Waals surface area contributed by atoms with Gasteiger partial charge in [0, 0.05) is 37.9 Å². The van der Waals surface area contributed by atoms with E-state index in [0.717, 1.165) is 96.5 Å². The summed E-state index contributed by atoms with van der Waals surface area (Å²) in [6, 6.07) is 0. The van der Waals surface area contributed by atoms with Crippen LogP contribution < -0.4 is 0 Å². The smallest absolute Gasteiger partial charge is 0.158 e. The molecule has 0 spiro atoms. The number of carbonyl (C=O) groups excluding carboxylic acids is 2. The molecule has 3 rings (SSSR count). The predicted octanol–water partition coefficient (Wildman–Crippen LogP) is 6.55. The Morgan fingerprint density at radius 1 is 1.03 bits per heavy atom. The standard InChI is InChI=1S/C30H50O6/c1-4-5-18-30(2,3)27(36-29-15-9-12-21-34-29)17-16-24-23(13-7-6-10-19-31)25(32)22-26(24)35-28-14-8-11-20-33-28/h16-17,19,23-24,26-29H,4-15,18,20-22H2,1-3H3/b17-16+/t23-,24-,26-,27-,28?,29?/m1/s1. The summed E-state index contributed by atoms with van der Waals surface area (Å²) in [7, 11) is 0. The monoisotopic (exact) mass is 506 g/mol. The topological polar surface area (TPSA) is 71.1 Å². The van der Waals surface area contributed by atoms with Gasteiger partial charge in [0.2, 0.25) is 0 Å². The summed E-state index contributed by atoms with van der Waals surface area (Å²) in [5.41, 5.74) is -0.0434. The maximum Gasteiger partial charge on any atom is 0.158 e. The maximum atomic E-state index is 13.1. The van der Waals surface area contributed by atoms with Crippen LogP contribution in [-0.2, 0) is 28.5 Å². The highest BCUT2D eigenvalue weighted by Gasteiger charge is 2.43. The van der Waals surface area contributed by atoms with Crippen LogP contribution in [0.2, 0.25) is 0 Å². The van der Waals surface area contributed by atoms with Crippen LogP contribution >= 0.6 is 0 Å². The summed E-state index contributed by atoms with van der Waals surface area (Å²) in [4.78, 5) is 23.9. The molecule has 36 heavy (non-hydrogen) atoms. The minimum Gasteiger partial charge on any atom is -0.353 e. The highest BCUT2D eigenvalue weighted by atomic mass is 16.7. The Hall–Kier alpha value is -1.08. The third-order valence-electron chi connectivity index (χ3n) is 8.15. The molecule has 0 N–H and O–H groups in total. The van der Waals surface area contributed by atoms with E-state index in [1.54, 1.807) is 0 Å². The van der Waals surface area contributed by atoms with E-state index in [4.69, 9.17) is 18.9 Å². The molecule has 0 bridgehead atoms. The van der Waals surface area contributed by atoms with Crippen molar-refractivity contribution in [2.75, 3.05) is 13.2 Å². The molecule has 6 atom stereocenters. The summed E-state index contributed by atoms with van der Waals surface area (Å²) in [6.45, 7) is 8.26. The van der Waals surface area contributed by atoms with E-state index >= 15 is 0 Å². The molecule has 0 amide bonds. The zero-order valence-corrected chi connectivity index (χ0v) is 23.0. The number of ketones is 1. The van der Waals surface area contributed by atoms with E-state index in [0.29, 0.717) is 12.8 Å². The van der Waals surface area contributed by atoms with Gasteiger partial charge in [0.25, 0.3) is 0 Å². The van der Waals surface area contributed by atoms with Crippen molar-refractivity contribution in [1.82, 2.24) is 0 Å². The molecule has 0 aromatic rings. The quantitative estimate of drug-likeness (QED) is 0.143. The molecule has 2 saturated heterocycles. The van der Waals surface area contributed by atoms with Gasteiger partial charge >= 0.3 is 0 Å². The molecule has 1 saturated carbocycles. The van der Waals surface area contributed by atoms with Gasteiger partial charge in [-0.05, 0) is 63.2 Å². The van der Waals surface area contributed by atoms with E-state index < -0.39 is 0 Å². The Bertz CT molecular complexity index is 677. The largest absolute Gasteiger partial charge is 0.353 e. The summed E-state index contributed by atoms with van der Waals surface area (Å²) in [6.07, 6.45) is 17.8. The van der Waals surface area contributed by atoms with Gasteiger partial charge in [-0.3, -0.25) is 4.79 Å². The summed E-state index contributed by atoms with van der Waals surface area (Å²) in [5.74, 6) is 0.196. The first kappa shape index (κ1) is 29.5. The number of carbonyl (C=O) groups is 2. The van der Waals surface area contributed by atoms with Crippen molar-refractivity contribution < 1.29 is 28.5 Å². The average molecular weight is 507 g/mol. The van der Waals surface area contributed by atoms with Crippen molar-refractivity contribution in [2.24, 2.45) is 17.3 Å². The lowest BCUT2D eigenvalue weighted by Crippen LogP contribution is -2.37. The summed E-state index contributed by atoms with van der Waals surface area (Å²) in [5, 5.41) is 0. The lowest BCUT2D eigenvalue weighted by Gasteiger charge is -2.36. The van der Waals surface area contributed by atoms with Gasteiger partial charge in [-0.2, -0.15) is 0 Å². The lowest BCUT2D eigenvalue weighted by atomic mass is 9.80. The van der Waals surface area contributed by atoms with Crippen molar-refractivity contribution in [3.63, 3.8) is 0 Å². The molecule has 2 aliphatic heterocycles. The average Bonchev–Trinajstić information content (AvgIpc) is 3.17. The molecule has 2 unspecified atom stereocenters. The number of ether oxygens (including phenoxy) is 4. The molecule has 6 heteroatoms. The van der Waals surface area contributed by atoms with Gasteiger partial charge in [0.05, 0.1) is 12.2 Å². The van der Waals surface area contributed by atoms with E-state index in [2.05, 4.69) is 32.9 Å². The summed E-state index contributed by atoms with van der Waals surface area (Å²) >= 11 is 0. The highest BCUT2D eigenvalue weighted by molar-refractivity contribution is 5.84. The van der Waals surface area contributed by atoms with Crippen LogP contribution in [0.1, 0.15) is 111 Å². The first-order valence-corrected chi connectivity index (χ1v) is 14.6. The van der Waals surface area contributed by atoms with Crippen molar-refractivity contribution in [3.05, 3.63) is 12.2 Å². The van der Waals surface area contributed by atoms with Gasteiger partial charge in [-0.25, -0.2) is 0 Å². The zero-order valence-electron chi connectivity index (χ0n) is 23.0. The number of hydrogen-bond acceptors (Lipinski definition) is 6. The fourth-order valence-electron chi connectivity index (χ4n) is 5.79. The van der Waals surface area contributed by atoms with E-state index in [-0.39, 0.29) is 47.8 Å². The lowest BCUT2D eigenvalue weighted by molar-refractivity contribution is -0.198. The third kappa shape index (κ3) is 9.04. The van der Waals surface area contributed by atoms with Crippen molar-refractivity contribution >= 4 is 12.1 Å². The van der Waals surface area contributed by atoms with Crippen molar-refractivity contribution in [2.45, 2.75) is 135 Å². The summed E-state index contributed by atoms with van der Waals surface area (Å²) < 4.78 is 24.8. The fraction of sp³-hybridized carbons (Fsp3) is 0.867. The molecular weight excluding hydrogens is 456 g/mol. The third-order valence-corrected chi connectivity index (χ3v) is 8.15. The second-order valence-corrected chi connectivity index (χ2v) is 11.6. The first-order chi connectivity index (χ1) is 17.4. The van der Waals surface area contributed by atoms with Crippen molar-refractivity contribution in [3.8, 4) is 0 Å². The van der Waals surface area contributed by atoms with Gasteiger partial charge in [-0.15, -0.1) is 0 Å². The normalized spacial score (nSPS) is 30.6. The molecule has 3 aliphatic rings. The molecule has 1 aliphatic carbocycles. The van der Waals surface area contributed by atoms with Crippen molar-refractivity contribution in [1.29, 1.82) is 0 Å². The number of Topliss-reactive ketones (excluding diaryl/α,β-unsaturated/α-hetero) is 1. The second-order valence-electron chi connectivity index (χ2n) is 11.6. The van der Waals surface area contributed by atoms with E-state index in [9.17, 15) is 9.59 Å². The molecule has 0 aromatic heterocycles. The minimum atomic E-state index is -0.218. The van der Waals surface area contributed by atoms with Crippen LogP contribution in [0.15, 0.2) is 12.2 Å². The number of rotatable bonds is 15. The van der Waals surface area contributed by atoms with Crippen LogP contribution in [0, 0.1) is 17.3 Å². The van der Waals surface area contributed by atoms with Crippen LogP contribution in [0.3, 0.4) is 0 Å². The fourth-order valence-corrected chi connectivity index (χ4v) is 5.79. The maximum absolute atomic E-state index is 13.1. The number of hydrogen-bond donors (Lipinski definition) is 0. The Balaban J connectivity index is 1.77. The van der Waals surface area contributed by atoms with Crippen LogP contribution in [0.5, 0.6) is 0 Å². The minimum absolute atomic E-state index is 0.000364. The second kappa shape index (κ2) is 15.4. The SMILES string of the molecule is CCCCC(C)(C)[C@@H](/C=C/[C@H]1[C@H](OC2CCCCO2)CC(=O)[C@@H]1CCCCC=O)OC1CCCCO1. The Morgan fingerprint density at radius 3 is 2.39 bits per heavy atom. The molecule has 6 nitrogen and oxygen atoms in total. The highest BCUT2D eigenvalue weighted by Crippen LogP contribution is 2.39. The van der Waals surface area contributed by atoms with Gasteiger partial charge in [0.1, 0.15) is 12.1 Å². The van der Waals surface area contributed by atoms with Gasteiger partial charge in [0.15, 0.2) is 12.6 Å². The Kier molecular flexibility index (Phi) is 12.6. The first-order valence-electron chi connectivity index (χ1n) is 14.6. The molecule has 3 fully saturated rings. The molecule has 2 heterocycles. The van der Waals surface area contributed by atoms with Crippen LogP contribution in [0.4, 0.5) is 0 Å². The molecule has 0 radical (unpaired) electrons. The van der Waals surface area contributed by atoms with Gasteiger partial charge in [-0.1, -0.05) is 52.2 Å². The molecule has 0 aromatic carbocycles. The predicted molar refractivity (Wildman–Crippen MR) is 141 cm³/mol. The van der Waals surface area contributed by atoms with E-state index in [1.165, 1.54) is 0 Å². The Labute approximate surface area is 218 Å². The van der Waals surface area contributed by atoms with Gasteiger partial charge < -0.3 is 23.7 Å². The number of aldehydes is 1. The number of unbranched alkanes of at least 4 members (excludes halogenated alkanes) is 3. The Morgan fingerprint density at radius 2 is 1.75 bits per heavy atom. The molecule has 206 valence electrons. The van der Waals surface area contributed by atoms with E-state index in [1.807, 2.05) is 0 Å². The van der Waals surface area contributed by atoms with Crippen LogP contribution in [0.25, 0.3) is 0 Å².